The van der Waals surface area contributed by atoms with Crippen LogP contribution in [0.5, 0.6) is 0 Å². The van der Waals surface area contributed by atoms with Crippen LogP contribution in [0, 0.1) is 5.92 Å². The largest absolute Gasteiger partial charge is 0.349 e. The summed E-state index contributed by atoms with van der Waals surface area (Å²) in [6.45, 7) is 3.70. The molecule has 1 aliphatic rings. The Morgan fingerprint density at radius 1 is 1.50 bits per heavy atom. The van der Waals surface area contributed by atoms with Crippen LogP contribution in [0.3, 0.4) is 0 Å². The summed E-state index contributed by atoms with van der Waals surface area (Å²) in [6.07, 6.45) is 0.896. The second-order valence-corrected chi connectivity index (χ2v) is 3.90. The van der Waals surface area contributed by atoms with E-state index in [-0.39, 0.29) is 18.8 Å². The van der Waals surface area contributed by atoms with Crippen LogP contribution in [0.1, 0.15) is 33.1 Å². The van der Waals surface area contributed by atoms with Crippen molar-refractivity contribution in [2.75, 3.05) is 0 Å². The molecule has 0 aromatic heterocycles. The van der Waals surface area contributed by atoms with Crippen LogP contribution in [0.15, 0.2) is 0 Å². The van der Waals surface area contributed by atoms with Gasteiger partial charge < -0.3 is 10.6 Å². The maximum atomic E-state index is 11.5. The van der Waals surface area contributed by atoms with Crippen molar-refractivity contribution in [3.05, 3.63) is 0 Å². The Morgan fingerprint density at radius 3 is 2.44 bits per heavy atom. The van der Waals surface area contributed by atoms with E-state index >= 15 is 0 Å². The number of carbonyl (C=O) groups excluding carboxylic acids is 3. The summed E-state index contributed by atoms with van der Waals surface area (Å²) in [5.74, 6) is -1.78. The van der Waals surface area contributed by atoms with Gasteiger partial charge in [0, 0.05) is 12.8 Å². The molecule has 16 heavy (non-hydrogen) atoms. The Labute approximate surface area is 93.7 Å². The summed E-state index contributed by atoms with van der Waals surface area (Å²) in [5.41, 5.74) is 5.62. The minimum absolute atomic E-state index is 0.0553. The zero-order chi connectivity index (χ0) is 12.3. The van der Waals surface area contributed by atoms with Gasteiger partial charge in [0.05, 0.1) is 0 Å². The number of carbonyl (C=O) groups is 3. The first-order valence-corrected chi connectivity index (χ1v) is 5.30. The third-order valence-electron chi connectivity index (χ3n) is 2.72. The first kappa shape index (κ1) is 12.6. The molecule has 1 rings (SSSR count). The van der Waals surface area contributed by atoms with Crippen molar-refractivity contribution in [2.45, 2.75) is 39.2 Å². The highest BCUT2D eigenvalue weighted by Crippen LogP contribution is 2.14. The standard InChI is InChI=1S/C10H16N2O4/c1-3-6(2)9(11)10(15)16-12-7(13)4-5-8(12)14/h6,9H,3-5,11H2,1-2H3/i11+1,15+2. The van der Waals surface area contributed by atoms with Gasteiger partial charge in [-0.05, 0) is 5.92 Å². The van der Waals surface area contributed by atoms with E-state index in [0.717, 1.165) is 6.42 Å². The lowest BCUT2D eigenvalue weighted by molar-refractivity contribution is -0.199. The third-order valence-corrected chi connectivity index (χ3v) is 2.72. The number of nitrogens with two attached hydrogens (primary N) is 1. The van der Waals surface area contributed by atoms with E-state index in [1.54, 1.807) is 6.92 Å². The Balaban J connectivity index is 2.57. The number of nitrogens with zero attached hydrogens (tertiary/aromatic N) is 1. The molecule has 1 aliphatic heterocycles. The summed E-state index contributed by atoms with van der Waals surface area (Å²) in [7, 11) is 0. The number of hydroxylamine groups is 2. The van der Waals surface area contributed by atoms with Crippen LogP contribution in [-0.4, -0.2) is 28.9 Å². The average molecular weight is 231 g/mol. The molecule has 6 nitrogen and oxygen atoms in total. The molecule has 0 radical (unpaired) electrons. The fourth-order valence-electron chi connectivity index (χ4n) is 1.29. The lowest BCUT2D eigenvalue weighted by Crippen LogP contribution is -2.43. The molecule has 6 heteroatoms. The highest BCUT2D eigenvalue weighted by molar-refractivity contribution is 6.01. The molecule has 2 amide bonds. The van der Waals surface area contributed by atoms with Crippen molar-refractivity contribution in [3.63, 3.8) is 0 Å². The lowest BCUT2D eigenvalue weighted by Gasteiger charge is -2.19. The first-order valence-electron chi connectivity index (χ1n) is 5.30. The monoisotopic (exact) mass is 231 g/mol. The summed E-state index contributed by atoms with van der Waals surface area (Å²) < 4.78 is 0. The molecule has 2 N–H and O–H groups in total. The molecule has 1 saturated heterocycles. The quantitative estimate of drug-likeness (QED) is 0.417. The Hall–Kier alpha value is -1.43. The van der Waals surface area contributed by atoms with Crippen LogP contribution in [0.2, 0.25) is 0 Å². The fraction of sp³-hybridized carbons (Fsp3) is 0.700. The highest BCUT2D eigenvalue weighted by atomic mass is 18.1. The minimum atomic E-state index is -0.814. The predicted molar refractivity (Wildman–Crippen MR) is 54.6 cm³/mol. The maximum Gasteiger partial charge on any atom is 0.349 e. The normalized spacial score (nSPS) is 19.8. The number of imide groups is 1. The van der Waals surface area contributed by atoms with Crippen molar-refractivity contribution in [2.24, 2.45) is 11.7 Å². The second kappa shape index (κ2) is 5.07. The van der Waals surface area contributed by atoms with Crippen molar-refractivity contribution >= 4 is 17.8 Å². The Morgan fingerprint density at radius 2 is 2.00 bits per heavy atom. The smallest absolute Gasteiger partial charge is 0.329 e. The van der Waals surface area contributed by atoms with Gasteiger partial charge in [0.15, 0.2) is 0 Å². The molecule has 2 atom stereocenters. The SMILES string of the molecule is CCC(C)C([15NH2])C(=[18O])ON1C(=O)CCC1=O. The van der Waals surface area contributed by atoms with Crippen molar-refractivity contribution in [1.82, 2.24) is 5.06 Å². The van der Waals surface area contributed by atoms with E-state index < -0.39 is 23.8 Å². The average Bonchev–Trinajstić information content (AvgIpc) is 2.58. The van der Waals surface area contributed by atoms with Crippen LogP contribution < -0.4 is 5.73 Å². The topological polar surface area (TPSA) is 89.7 Å². The predicted octanol–water partition coefficient (Wildman–Crippen LogP) is -0.0330. The molecule has 90 valence electrons. The van der Waals surface area contributed by atoms with E-state index in [9.17, 15) is 14.4 Å². The number of hydrogen-bond acceptors (Lipinski definition) is 5. The third kappa shape index (κ3) is 2.57. The van der Waals surface area contributed by atoms with E-state index in [1.165, 1.54) is 0 Å². The number of rotatable bonds is 4. The molecule has 1 fully saturated rings. The molecule has 0 aromatic rings. The highest BCUT2D eigenvalue weighted by Gasteiger charge is 2.34. The maximum absolute atomic E-state index is 11.5. The zero-order valence-electron chi connectivity index (χ0n) is 9.43. The molecular formula is C10H16N2O4. The fourth-order valence-corrected chi connectivity index (χ4v) is 1.29. The summed E-state index contributed by atoms with van der Waals surface area (Å²) in [6, 6.07) is -0.814. The molecule has 0 aromatic carbocycles. The van der Waals surface area contributed by atoms with Crippen LogP contribution in [-0.2, 0) is 19.2 Å². The van der Waals surface area contributed by atoms with Gasteiger partial charge in [-0.2, -0.15) is 0 Å². The van der Waals surface area contributed by atoms with Gasteiger partial charge in [-0.1, -0.05) is 20.3 Å². The molecule has 1 heterocycles. The molecule has 0 bridgehead atoms. The number of hydrogen-bond donors (Lipinski definition) is 1. The summed E-state index contributed by atoms with van der Waals surface area (Å²) in [5, 5.41) is 0.518. The second-order valence-electron chi connectivity index (χ2n) is 3.90. The molecule has 0 spiro atoms. The zero-order valence-corrected chi connectivity index (χ0v) is 9.43. The van der Waals surface area contributed by atoms with Crippen LogP contribution in [0.4, 0.5) is 0 Å². The number of amides is 2. The van der Waals surface area contributed by atoms with Gasteiger partial charge in [0.2, 0.25) is 0 Å². The van der Waals surface area contributed by atoms with Crippen LogP contribution in [0.25, 0.3) is 0 Å². The lowest BCUT2D eigenvalue weighted by atomic mass is 10.0. The van der Waals surface area contributed by atoms with Crippen molar-refractivity contribution in [3.8, 4) is 0 Å². The van der Waals surface area contributed by atoms with Gasteiger partial charge in [0.1, 0.15) is 6.04 Å². The molecular weight excluding hydrogens is 215 g/mol. The van der Waals surface area contributed by atoms with Crippen molar-refractivity contribution < 1.29 is 19.2 Å². The Bertz CT molecular complexity index is 300. The van der Waals surface area contributed by atoms with Gasteiger partial charge in [-0.25, -0.2) is 4.79 Å². The first-order chi connectivity index (χ1) is 7.47. The van der Waals surface area contributed by atoms with E-state index in [0.29, 0.717) is 5.06 Å². The molecule has 2 unspecified atom stereocenters. The molecule has 0 saturated carbocycles. The van der Waals surface area contributed by atoms with Gasteiger partial charge in [-0.15, -0.1) is 5.06 Å². The molecule has 0 aliphatic carbocycles. The van der Waals surface area contributed by atoms with Gasteiger partial charge in [-0.3, -0.25) is 9.59 Å². The summed E-state index contributed by atoms with van der Waals surface area (Å²) >= 11 is 0. The van der Waals surface area contributed by atoms with E-state index in [1.807, 2.05) is 6.92 Å². The minimum Gasteiger partial charge on any atom is -0.329 e. The van der Waals surface area contributed by atoms with E-state index in [4.69, 9.17) is 10.6 Å². The van der Waals surface area contributed by atoms with Gasteiger partial charge in [0.25, 0.3) is 11.8 Å². The summed E-state index contributed by atoms with van der Waals surface area (Å²) in [4.78, 5) is 38.5. The van der Waals surface area contributed by atoms with Crippen molar-refractivity contribution in [1.29, 1.82) is 0 Å². The van der Waals surface area contributed by atoms with Crippen LogP contribution >= 0.6 is 0 Å². The Kier molecular flexibility index (Phi) is 4.00. The van der Waals surface area contributed by atoms with Gasteiger partial charge >= 0.3 is 5.97 Å². The van der Waals surface area contributed by atoms with E-state index in [2.05, 4.69) is 0 Å².